The third-order valence-corrected chi connectivity index (χ3v) is 4.24. The zero-order valence-corrected chi connectivity index (χ0v) is 12.4. The zero-order valence-electron chi connectivity index (χ0n) is 11.5. The fourth-order valence-corrected chi connectivity index (χ4v) is 3.01. The van der Waals surface area contributed by atoms with E-state index in [4.69, 9.17) is 14.9 Å². The molecular formula is C16H15NO3S. The van der Waals surface area contributed by atoms with Crippen LogP contribution in [0, 0.1) is 6.92 Å². The molecule has 2 N–H and O–H groups in total. The van der Waals surface area contributed by atoms with Crippen molar-refractivity contribution >= 4 is 22.3 Å². The molecule has 2 heterocycles. The average molecular weight is 301 g/mol. The van der Waals surface area contributed by atoms with E-state index in [1.807, 2.05) is 36.6 Å². The van der Waals surface area contributed by atoms with Crippen LogP contribution in [0.1, 0.15) is 16.5 Å². The van der Waals surface area contributed by atoms with Crippen molar-refractivity contribution in [2.75, 3.05) is 6.54 Å². The fourth-order valence-electron chi connectivity index (χ4n) is 2.24. The van der Waals surface area contributed by atoms with Crippen molar-refractivity contribution in [1.82, 2.24) is 0 Å². The molecule has 0 saturated carbocycles. The maximum atomic E-state index is 11.5. The second-order valence-electron chi connectivity index (χ2n) is 4.76. The Kier molecular flexibility index (Phi) is 3.77. The summed E-state index contributed by atoms with van der Waals surface area (Å²) in [4.78, 5) is 12.5. The second-order valence-corrected chi connectivity index (χ2v) is 5.74. The van der Waals surface area contributed by atoms with Gasteiger partial charge in [-0.15, -0.1) is 11.3 Å². The smallest absolute Gasteiger partial charge is 0.336 e. The fraction of sp³-hybridized carbons (Fsp3) is 0.188. The Bertz CT molecular complexity index is 808. The van der Waals surface area contributed by atoms with E-state index in [0.717, 1.165) is 15.8 Å². The molecule has 4 nitrogen and oxygen atoms in total. The maximum Gasteiger partial charge on any atom is 0.336 e. The van der Waals surface area contributed by atoms with Crippen LogP contribution in [-0.4, -0.2) is 6.54 Å². The molecule has 5 heteroatoms. The van der Waals surface area contributed by atoms with Crippen LogP contribution in [-0.2, 0) is 0 Å². The van der Waals surface area contributed by atoms with E-state index in [0.29, 0.717) is 17.9 Å². The van der Waals surface area contributed by atoms with Gasteiger partial charge in [0.1, 0.15) is 17.4 Å². The quantitative estimate of drug-likeness (QED) is 0.751. The average Bonchev–Trinajstić information content (AvgIpc) is 2.98. The summed E-state index contributed by atoms with van der Waals surface area (Å²) >= 11 is 1.60. The summed E-state index contributed by atoms with van der Waals surface area (Å²) in [6.45, 7) is 2.27. The highest BCUT2D eigenvalue weighted by Crippen LogP contribution is 2.27. The van der Waals surface area contributed by atoms with E-state index in [2.05, 4.69) is 0 Å². The van der Waals surface area contributed by atoms with Gasteiger partial charge in [-0.25, -0.2) is 4.79 Å². The number of rotatable bonds is 4. The number of hydrogen-bond acceptors (Lipinski definition) is 5. The number of ether oxygens (including phenoxy) is 1. The highest BCUT2D eigenvalue weighted by Gasteiger charge is 2.13. The molecule has 1 aromatic carbocycles. The van der Waals surface area contributed by atoms with Crippen molar-refractivity contribution in [1.29, 1.82) is 0 Å². The zero-order chi connectivity index (χ0) is 14.8. The second kappa shape index (κ2) is 5.71. The Morgan fingerprint density at radius 2 is 2.19 bits per heavy atom. The van der Waals surface area contributed by atoms with E-state index in [9.17, 15) is 4.79 Å². The van der Waals surface area contributed by atoms with Gasteiger partial charge in [0.25, 0.3) is 0 Å². The summed E-state index contributed by atoms with van der Waals surface area (Å²) in [5, 5.41) is 2.90. The monoisotopic (exact) mass is 301 g/mol. The van der Waals surface area contributed by atoms with Crippen LogP contribution in [0.2, 0.25) is 0 Å². The first kappa shape index (κ1) is 13.9. The number of hydrogen-bond donors (Lipinski definition) is 1. The first-order valence-electron chi connectivity index (χ1n) is 6.62. The molecule has 0 aliphatic rings. The lowest BCUT2D eigenvalue weighted by Crippen LogP contribution is -2.17. The van der Waals surface area contributed by atoms with Gasteiger partial charge in [0.05, 0.1) is 0 Å². The largest absolute Gasteiger partial charge is 0.483 e. The molecular weight excluding hydrogens is 286 g/mol. The molecule has 0 aliphatic heterocycles. The van der Waals surface area contributed by atoms with Gasteiger partial charge in [-0.05, 0) is 36.1 Å². The SMILES string of the molecule is Cc1cc(=O)oc2cc(OC(CN)c3cccs3)ccc12. The van der Waals surface area contributed by atoms with Gasteiger partial charge in [-0.1, -0.05) is 6.07 Å². The molecule has 3 rings (SSSR count). The summed E-state index contributed by atoms with van der Waals surface area (Å²) in [5.74, 6) is 0.639. The third-order valence-electron chi connectivity index (χ3n) is 3.28. The normalized spacial score (nSPS) is 12.5. The molecule has 3 aromatic rings. The molecule has 0 fully saturated rings. The lowest BCUT2D eigenvalue weighted by atomic mass is 10.1. The Morgan fingerprint density at radius 3 is 2.90 bits per heavy atom. The molecule has 0 aliphatic carbocycles. The van der Waals surface area contributed by atoms with Gasteiger partial charge in [-0.3, -0.25) is 0 Å². The number of nitrogens with two attached hydrogens (primary N) is 1. The minimum Gasteiger partial charge on any atom is -0.483 e. The van der Waals surface area contributed by atoms with Gasteiger partial charge < -0.3 is 14.9 Å². The minimum atomic E-state index is -0.356. The van der Waals surface area contributed by atoms with Crippen LogP contribution in [0.25, 0.3) is 11.0 Å². The lowest BCUT2D eigenvalue weighted by Gasteiger charge is -2.16. The van der Waals surface area contributed by atoms with E-state index < -0.39 is 0 Å². The molecule has 21 heavy (non-hydrogen) atoms. The van der Waals surface area contributed by atoms with Crippen LogP contribution in [0.4, 0.5) is 0 Å². The number of thiophene rings is 1. The summed E-state index contributed by atoms with van der Waals surface area (Å²) in [7, 11) is 0. The Balaban J connectivity index is 1.96. The first-order valence-corrected chi connectivity index (χ1v) is 7.50. The summed E-state index contributed by atoms with van der Waals surface area (Å²) in [6, 6.07) is 10.9. The van der Waals surface area contributed by atoms with Gasteiger partial charge >= 0.3 is 5.63 Å². The van der Waals surface area contributed by atoms with Gasteiger partial charge in [0, 0.05) is 28.9 Å². The van der Waals surface area contributed by atoms with E-state index in [1.54, 1.807) is 17.4 Å². The molecule has 0 bridgehead atoms. The lowest BCUT2D eigenvalue weighted by molar-refractivity contribution is 0.218. The highest BCUT2D eigenvalue weighted by atomic mass is 32.1. The van der Waals surface area contributed by atoms with Crippen LogP contribution < -0.4 is 16.1 Å². The standard InChI is InChI=1S/C16H15NO3S/c1-10-7-16(18)20-13-8-11(4-5-12(10)13)19-14(9-17)15-3-2-6-21-15/h2-8,14H,9,17H2,1H3. The molecule has 0 spiro atoms. The van der Waals surface area contributed by atoms with Gasteiger partial charge in [-0.2, -0.15) is 0 Å². The molecule has 0 radical (unpaired) electrons. The molecule has 1 atom stereocenters. The maximum absolute atomic E-state index is 11.5. The Morgan fingerprint density at radius 1 is 1.33 bits per heavy atom. The number of aryl methyl sites for hydroxylation is 1. The van der Waals surface area contributed by atoms with E-state index >= 15 is 0 Å². The topological polar surface area (TPSA) is 65.5 Å². The summed E-state index contributed by atoms with van der Waals surface area (Å²) in [6.07, 6.45) is -0.195. The third kappa shape index (κ3) is 2.84. The highest BCUT2D eigenvalue weighted by molar-refractivity contribution is 7.10. The summed E-state index contributed by atoms with van der Waals surface area (Å²) in [5.41, 5.74) is 6.84. The van der Waals surface area contributed by atoms with E-state index in [-0.39, 0.29) is 11.7 Å². The van der Waals surface area contributed by atoms with Crippen molar-refractivity contribution in [3.8, 4) is 5.75 Å². The number of fused-ring (bicyclic) bond motifs is 1. The van der Waals surface area contributed by atoms with Crippen LogP contribution >= 0.6 is 11.3 Å². The van der Waals surface area contributed by atoms with Crippen LogP contribution in [0.3, 0.4) is 0 Å². The predicted molar refractivity (Wildman–Crippen MR) is 84.0 cm³/mol. The van der Waals surface area contributed by atoms with E-state index in [1.165, 1.54) is 6.07 Å². The molecule has 1 unspecified atom stereocenters. The van der Waals surface area contributed by atoms with Gasteiger partial charge in [0.2, 0.25) is 0 Å². The molecule has 2 aromatic heterocycles. The minimum absolute atomic E-state index is 0.195. The Labute approximate surface area is 125 Å². The Hall–Kier alpha value is -2.11. The number of benzene rings is 1. The van der Waals surface area contributed by atoms with Crippen molar-refractivity contribution in [3.05, 3.63) is 62.6 Å². The molecule has 0 saturated heterocycles. The van der Waals surface area contributed by atoms with Crippen LogP contribution in [0.5, 0.6) is 5.75 Å². The molecule has 108 valence electrons. The molecule has 0 amide bonds. The van der Waals surface area contributed by atoms with Gasteiger partial charge in [0.15, 0.2) is 0 Å². The van der Waals surface area contributed by atoms with Crippen LogP contribution in [0.15, 0.2) is 51.0 Å². The van der Waals surface area contributed by atoms with Crippen molar-refractivity contribution in [2.24, 2.45) is 5.73 Å². The van der Waals surface area contributed by atoms with Crippen molar-refractivity contribution < 1.29 is 9.15 Å². The van der Waals surface area contributed by atoms with Crippen molar-refractivity contribution in [3.63, 3.8) is 0 Å². The van der Waals surface area contributed by atoms with Crippen molar-refractivity contribution in [2.45, 2.75) is 13.0 Å². The first-order chi connectivity index (χ1) is 10.2. The summed E-state index contributed by atoms with van der Waals surface area (Å²) < 4.78 is 11.1. The predicted octanol–water partition coefficient (Wildman–Crippen LogP) is 3.24.